The Morgan fingerprint density at radius 1 is 0.885 bits per heavy atom. The fourth-order valence-corrected chi connectivity index (χ4v) is 5.33. The summed E-state index contributed by atoms with van der Waals surface area (Å²) in [6.07, 6.45) is 1.47. The molecule has 7 heteroatoms. The topological polar surface area (TPSA) is 40.6 Å². The molecule has 0 aromatic heterocycles. The van der Waals surface area contributed by atoms with E-state index in [-0.39, 0.29) is 4.90 Å². The van der Waals surface area contributed by atoms with E-state index in [9.17, 15) is 17.2 Å². The Hall–Kier alpha value is -1.83. The fourth-order valence-electron chi connectivity index (χ4n) is 3.85. The van der Waals surface area contributed by atoms with E-state index in [0.717, 1.165) is 44.1 Å². The fraction of sp³-hybridized carbons (Fsp3) is 0.368. The monoisotopic (exact) mass is 378 g/mol. The van der Waals surface area contributed by atoms with Gasteiger partial charge in [-0.2, -0.15) is 4.31 Å². The minimum Gasteiger partial charge on any atom is -0.292 e. The van der Waals surface area contributed by atoms with Gasteiger partial charge in [0.15, 0.2) is 11.6 Å². The van der Waals surface area contributed by atoms with Crippen LogP contribution in [0.15, 0.2) is 47.4 Å². The largest absolute Gasteiger partial charge is 0.292 e. The first-order chi connectivity index (χ1) is 12.4. The summed E-state index contributed by atoms with van der Waals surface area (Å²) < 4.78 is 53.2. The highest BCUT2D eigenvalue weighted by Crippen LogP contribution is 2.30. The van der Waals surface area contributed by atoms with E-state index in [1.54, 1.807) is 0 Å². The molecule has 0 amide bonds. The summed E-state index contributed by atoms with van der Waals surface area (Å²) in [5, 5.41) is 0. The lowest BCUT2D eigenvalue weighted by Crippen LogP contribution is -2.45. The molecule has 0 saturated carbocycles. The number of nitrogens with zero attached hydrogens (tertiary/aromatic N) is 2. The quantitative estimate of drug-likeness (QED) is 0.824. The third kappa shape index (κ3) is 3.15. The average Bonchev–Trinajstić information content (AvgIpc) is 3.08. The summed E-state index contributed by atoms with van der Waals surface area (Å²) in [6.45, 7) is 2.57. The molecule has 0 N–H and O–H groups in total. The van der Waals surface area contributed by atoms with E-state index in [1.807, 2.05) is 12.1 Å². The number of piperidine rings is 1. The molecule has 2 aromatic carbocycles. The third-order valence-electron chi connectivity index (χ3n) is 5.33. The van der Waals surface area contributed by atoms with Crippen molar-refractivity contribution in [1.29, 1.82) is 0 Å². The number of sulfonamides is 1. The molecule has 2 aromatic rings. The van der Waals surface area contributed by atoms with E-state index in [4.69, 9.17) is 0 Å². The smallest absolute Gasteiger partial charge is 0.243 e. The van der Waals surface area contributed by atoms with Gasteiger partial charge in [0.25, 0.3) is 0 Å². The molecule has 138 valence electrons. The molecule has 2 heterocycles. The Balaban J connectivity index is 1.43. The van der Waals surface area contributed by atoms with Gasteiger partial charge >= 0.3 is 0 Å². The molecule has 1 fully saturated rings. The predicted octanol–water partition coefficient (Wildman–Crippen LogP) is 3.13. The average molecular weight is 378 g/mol. The number of hydrogen-bond acceptors (Lipinski definition) is 3. The number of hydrogen-bond donors (Lipinski definition) is 0. The maximum absolute atomic E-state index is 13.4. The molecule has 4 rings (SSSR count). The van der Waals surface area contributed by atoms with Crippen molar-refractivity contribution in [1.82, 2.24) is 9.21 Å². The van der Waals surface area contributed by atoms with Gasteiger partial charge < -0.3 is 0 Å². The van der Waals surface area contributed by atoms with Gasteiger partial charge in [-0.15, -0.1) is 0 Å². The van der Waals surface area contributed by atoms with Gasteiger partial charge in [-0.1, -0.05) is 24.3 Å². The normalized spacial score (nSPS) is 19.6. The van der Waals surface area contributed by atoms with Crippen LogP contribution in [0.1, 0.15) is 24.0 Å². The van der Waals surface area contributed by atoms with Crippen LogP contribution in [0, 0.1) is 11.6 Å². The van der Waals surface area contributed by atoms with Crippen molar-refractivity contribution in [3.05, 3.63) is 65.2 Å². The van der Waals surface area contributed by atoms with E-state index >= 15 is 0 Å². The van der Waals surface area contributed by atoms with Gasteiger partial charge in [-0.05, 0) is 42.2 Å². The highest BCUT2D eigenvalue weighted by Gasteiger charge is 2.33. The summed E-state index contributed by atoms with van der Waals surface area (Å²) in [5.74, 6) is -2.19. The summed E-state index contributed by atoms with van der Waals surface area (Å²) >= 11 is 0. The Bertz CT molecular complexity index is 900. The third-order valence-corrected chi connectivity index (χ3v) is 7.23. The second-order valence-corrected chi connectivity index (χ2v) is 8.82. The van der Waals surface area contributed by atoms with Crippen molar-refractivity contribution in [2.24, 2.45) is 0 Å². The SMILES string of the molecule is O=S(=O)(c1ccc(F)c(F)c1)N1CCC(N2Cc3ccccc3C2)CC1. The maximum Gasteiger partial charge on any atom is 0.243 e. The van der Waals surface area contributed by atoms with Crippen molar-refractivity contribution >= 4 is 10.0 Å². The molecule has 0 bridgehead atoms. The molecule has 1 saturated heterocycles. The van der Waals surface area contributed by atoms with Crippen LogP contribution in [-0.4, -0.2) is 36.8 Å². The lowest BCUT2D eigenvalue weighted by molar-refractivity contribution is 0.139. The summed E-state index contributed by atoms with van der Waals surface area (Å²) in [6, 6.07) is 11.4. The maximum atomic E-state index is 13.4. The minimum absolute atomic E-state index is 0.191. The van der Waals surface area contributed by atoms with E-state index in [2.05, 4.69) is 17.0 Å². The number of rotatable bonds is 3. The minimum atomic E-state index is -3.79. The number of benzene rings is 2. The molecular weight excluding hydrogens is 358 g/mol. The van der Waals surface area contributed by atoms with Crippen LogP contribution < -0.4 is 0 Å². The zero-order valence-electron chi connectivity index (χ0n) is 14.2. The first-order valence-electron chi connectivity index (χ1n) is 8.71. The Kier molecular flexibility index (Phi) is 4.54. The van der Waals surface area contributed by atoms with E-state index < -0.39 is 21.7 Å². The molecule has 0 spiro atoms. The summed E-state index contributed by atoms with van der Waals surface area (Å²) in [5.41, 5.74) is 2.67. The molecular formula is C19H20F2N2O2S. The highest BCUT2D eigenvalue weighted by atomic mass is 32.2. The van der Waals surface area contributed by atoms with Crippen LogP contribution in [-0.2, 0) is 23.1 Å². The van der Waals surface area contributed by atoms with E-state index in [0.29, 0.717) is 19.1 Å². The zero-order chi connectivity index (χ0) is 18.3. The molecule has 2 aliphatic rings. The van der Waals surface area contributed by atoms with Crippen LogP contribution in [0.25, 0.3) is 0 Å². The zero-order valence-corrected chi connectivity index (χ0v) is 15.1. The molecule has 26 heavy (non-hydrogen) atoms. The van der Waals surface area contributed by atoms with Gasteiger partial charge in [-0.3, -0.25) is 4.90 Å². The molecule has 0 radical (unpaired) electrons. The first kappa shape index (κ1) is 17.6. The first-order valence-corrected chi connectivity index (χ1v) is 10.2. The van der Waals surface area contributed by atoms with Gasteiger partial charge in [0.05, 0.1) is 4.90 Å². The van der Waals surface area contributed by atoms with Crippen LogP contribution in [0.2, 0.25) is 0 Å². The Labute approximate surface area is 152 Å². The van der Waals surface area contributed by atoms with Crippen molar-refractivity contribution in [3.8, 4) is 0 Å². The van der Waals surface area contributed by atoms with Crippen molar-refractivity contribution < 1.29 is 17.2 Å². The second-order valence-electron chi connectivity index (χ2n) is 6.88. The molecule has 0 unspecified atom stereocenters. The molecule has 0 atom stereocenters. The standard InChI is InChI=1S/C19H20F2N2O2S/c20-18-6-5-17(11-19(18)21)26(24,25)23-9-7-16(8-10-23)22-12-14-3-1-2-4-15(14)13-22/h1-6,11,16H,7-10,12-13H2. The Morgan fingerprint density at radius 2 is 1.50 bits per heavy atom. The predicted molar refractivity (Wildman–Crippen MR) is 93.8 cm³/mol. The van der Waals surface area contributed by atoms with Crippen molar-refractivity contribution in [3.63, 3.8) is 0 Å². The van der Waals surface area contributed by atoms with Crippen LogP contribution in [0.3, 0.4) is 0 Å². The number of halogens is 2. The van der Waals surface area contributed by atoms with Gasteiger partial charge in [0.1, 0.15) is 0 Å². The van der Waals surface area contributed by atoms with Crippen LogP contribution >= 0.6 is 0 Å². The Morgan fingerprint density at radius 3 is 2.08 bits per heavy atom. The van der Waals surface area contributed by atoms with E-state index in [1.165, 1.54) is 15.4 Å². The van der Waals surface area contributed by atoms with Gasteiger partial charge in [-0.25, -0.2) is 17.2 Å². The molecule has 4 nitrogen and oxygen atoms in total. The van der Waals surface area contributed by atoms with Gasteiger partial charge in [0.2, 0.25) is 10.0 Å². The molecule has 0 aliphatic carbocycles. The summed E-state index contributed by atoms with van der Waals surface area (Å²) in [4.78, 5) is 2.20. The van der Waals surface area contributed by atoms with Crippen molar-refractivity contribution in [2.45, 2.75) is 36.9 Å². The number of fused-ring (bicyclic) bond motifs is 1. The lowest BCUT2D eigenvalue weighted by atomic mass is 10.1. The van der Waals surface area contributed by atoms with Crippen molar-refractivity contribution in [2.75, 3.05) is 13.1 Å². The van der Waals surface area contributed by atoms with Crippen LogP contribution in [0.5, 0.6) is 0 Å². The lowest BCUT2D eigenvalue weighted by Gasteiger charge is -2.36. The van der Waals surface area contributed by atoms with Crippen LogP contribution in [0.4, 0.5) is 8.78 Å². The second kappa shape index (κ2) is 6.72. The summed E-state index contributed by atoms with van der Waals surface area (Å²) in [7, 11) is -3.79. The molecule has 2 aliphatic heterocycles. The highest BCUT2D eigenvalue weighted by molar-refractivity contribution is 7.89. The van der Waals surface area contributed by atoms with Gasteiger partial charge in [0, 0.05) is 32.2 Å².